The molecule has 1 aromatic carbocycles. The average Bonchev–Trinajstić information content (AvgIpc) is 3.28. The van der Waals surface area contributed by atoms with Crippen molar-refractivity contribution in [3.8, 4) is 11.3 Å². The summed E-state index contributed by atoms with van der Waals surface area (Å²) < 4.78 is 4.71. The summed E-state index contributed by atoms with van der Waals surface area (Å²) in [6.07, 6.45) is 4.07. The molecule has 1 N–H and O–H groups in total. The molecule has 4 rings (SSSR count). The van der Waals surface area contributed by atoms with Crippen molar-refractivity contribution < 1.29 is 4.79 Å². The third-order valence-electron chi connectivity index (χ3n) is 5.12. The molecule has 0 aliphatic rings. The van der Waals surface area contributed by atoms with E-state index in [1.165, 1.54) is 5.56 Å². The van der Waals surface area contributed by atoms with Gasteiger partial charge < -0.3 is 5.32 Å². The molecule has 7 nitrogen and oxygen atoms in total. The van der Waals surface area contributed by atoms with Gasteiger partial charge in [-0.2, -0.15) is 10.2 Å². The SMILES string of the molecule is Cc1ccc(-c2ccnc3c(C(=O)NCCCn4nc(C)c(Br)c4C)cnn23)cc1. The number of amides is 1. The van der Waals surface area contributed by atoms with Gasteiger partial charge in [-0.25, -0.2) is 9.50 Å². The third-order valence-corrected chi connectivity index (χ3v) is 6.27. The maximum atomic E-state index is 12.7. The number of nitrogens with zero attached hydrogens (tertiary/aromatic N) is 5. The van der Waals surface area contributed by atoms with Crippen LogP contribution in [-0.2, 0) is 6.54 Å². The lowest BCUT2D eigenvalue weighted by molar-refractivity contribution is 0.0954. The minimum Gasteiger partial charge on any atom is -0.352 e. The minimum absolute atomic E-state index is 0.173. The van der Waals surface area contributed by atoms with Crippen LogP contribution < -0.4 is 5.32 Å². The standard InChI is InChI=1S/C22H23BrN6O/c1-14-5-7-17(8-6-14)19-9-11-24-21-18(13-26-29(19)21)22(30)25-10-4-12-28-16(3)20(23)15(2)27-28/h5-9,11,13H,4,10,12H2,1-3H3,(H,25,30). The van der Waals surface area contributed by atoms with Crippen LogP contribution in [0.1, 0.15) is 33.7 Å². The fourth-order valence-electron chi connectivity index (χ4n) is 3.41. The second-order valence-corrected chi connectivity index (χ2v) is 8.10. The van der Waals surface area contributed by atoms with Crippen molar-refractivity contribution in [3.05, 3.63) is 69.7 Å². The lowest BCUT2D eigenvalue weighted by atomic mass is 10.1. The van der Waals surface area contributed by atoms with Gasteiger partial charge in [-0.1, -0.05) is 29.8 Å². The molecule has 3 aromatic heterocycles. The molecule has 154 valence electrons. The predicted octanol–water partition coefficient (Wildman–Crippen LogP) is 4.10. The topological polar surface area (TPSA) is 77.1 Å². The molecular weight excluding hydrogens is 444 g/mol. The van der Waals surface area contributed by atoms with Gasteiger partial charge >= 0.3 is 0 Å². The molecule has 0 spiro atoms. The van der Waals surface area contributed by atoms with Crippen LogP contribution in [0.25, 0.3) is 16.9 Å². The molecule has 0 aliphatic carbocycles. The molecule has 0 bridgehead atoms. The molecule has 0 radical (unpaired) electrons. The largest absolute Gasteiger partial charge is 0.352 e. The molecular formula is C22H23BrN6O. The molecule has 8 heteroatoms. The molecule has 0 saturated carbocycles. The van der Waals surface area contributed by atoms with Gasteiger partial charge in [0.25, 0.3) is 5.91 Å². The highest BCUT2D eigenvalue weighted by Gasteiger charge is 2.16. The summed E-state index contributed by atoms with van der Waals surface area (Å²) in [4.78, 5) is 17.1. The van der Waals surface area contributed by atoms with Crippen molar-refractivity contribution in [2.45, 2.75) is 33.7 Å². The molecule has 3 heterocycles. The maximum absolute atomic E-state index is 12.7. The third kappa shape index (κ3) is 3.87. The van der Waals surface area contributed by atoms with Gasteiger partial charge in [-0.15, -0.1) is 0 Å². The number of aryl methyl sites for hydroxylation is 3. The van der Waals surface area contributed by atoms with Crippen LogP contribution in [0.2, 0.25) is 0 Å². The Kier molecular flexibility index (Phi) is 5.67. The molecule has 0 saturated heterocycles. The smallest absolute Gasteiger partial charge is 0.256 e. The van der Waals surface area contributed by atoms with Crippen LogP contribution in [0.4, 0.5) is 0 Å². The van der Waals surface area contributed by atoms with Crippen LogP contribution in [-0.4, -0.2) is 36.8 Å². The molecule has 0 aliphatic heterocycles. The lowest BCUT2D eigenvalue weighted by Gasteiger charge is -2.07. The number of carbonyl (C=O) groups excluding carboxylic acids is 1. The summed E-state index contributed by atoms with van der Waals surface area (Å²) >= 11 is 3.54. The van der Waals surface area contributed by atoms with E-state index in [-0.39, 0.29) is 5.91 Å². The first-order valence-corrected chi connectivity index (χ1v) is 10.6. The summed E-state index contributed by atoms with van der Waals surface area (Å²) in [6.45, 7) is 7.33. The number of hydrogen-bond acceptors (Lipinski definition) is 4. The second kappa shape index (κ2) is 8.39. The first kappa shape index (κ1) is 20.3. The average molecular weight is 467 g/mol. The monoisotopic (exact) mass is 466 g/mol. The number of aromatic nitrogens is 5. The van der Waals surface area contributed by atoms with E-state index in [4.69, 9.17) is 0 Å². The molecule has 1 amide bonds. The molecule has 0 fully saturated rings. The zero-order chi connectivity index (χ0) is 21.3. The second-order valence-electron chi connectivity index (χ2n) is 7.31. The number of nitrogens with one attached hydrogen (secondary N) is 1. The van der Waals surface area contributed by atoms with Crippen LogP contribution in [0, 0.1) is 20.8 Å². The van der Waals surface area contributed by atoms with E-state index < -0.39 is 0 Å². The fourth-order valence-corrected chi connectivity index (χ4v) is 3.70. The Labute approximate surface area is 183 Å². The number of fused-ring (bicyclic) bond motifs is 1. The van der Waals surface area contributed by atoms with Gasteiger partial charge in [-0.3, -0.25) is 9.48 Å². The Hall–Kier alpha value is -3.00. The summed E-state index contributed by atoms with van der Waals surface area (Å²) in [5.74, 6) is -0.173. The van der Waals surface area contributed by atoms with Gasteiger partial charge in [0.2, 0.25) is 0 Å². The number of benzene rings is 1. The highest BCUT2D eigenvalue weighted by molar-refractivity contribution is 9.10. The van der Waals surface area contributed by atoms with E-state index in [1.807, 2.05) is 36.7 Å². The number of hydrogen-bond donors (Lipinski definition) is 1. The van der Waals surface area contributed by atoms with E-state index in [0.29, 0.717) is 17.8 Å². The Bertz CT molecular complexity index is 1210. The Balaban J connectivity index is 1.45. The van der Waals surface area contributed by atoms with E-state index in [9.17, 15) is 4.79 Å². The highest BCUT2D eigenvalue weighted by atomic mass is 79.9. The molecule has 4 aromatic rings. The van der Waals surface area contributed by atoms with Gasteiger partial charge in [0.05, 0.1) is 22.1 Å². The highest BCUT2D eigenvalue weighted by Crippen LogP contribution is 2.22. The van der Waals surface area contributed by atoms with Gasteiger partial charge in [0, 0.05) is 30.5 Å². The van der Waals surface area contributed by atoms with E-state index in [0.717, 1.165) is 40.1 Å². The zero-order valence-electron chi connectivity index (χ0n) is 17.2. The summed E-state index contributed by atoms with van der Waals surface area (Å²) in [5.41, 5.74) is 6.20. The van der Waals surface area contributed by atoms with Gasteiger partial charge in [0.1, 0.15) is 5.56 Å². The molecule has 0 unspecified atom stereocenters. The van der Waals surface area contributed by atoms with Crippen LogP contribution >= 0.6 is 15.9 Å². The summed E-state index contributed by atoms with van der Waals surface area (Å²) in [7, 11) is 0. The lowest BCUT2D eigenvalue weighted by Crippen LogP contribution is -2.25. The number of carbonyl (C=O) groups is 1. The van der Waals surface area contributed by atoms with E-state index >= 15 is 0 Å². The number of halogens is 1. The Morgan fingerprint density at radius 1 is 1.13 bits per heavy atom. The first-order valence-electron chi connectivity index (χ1n) is 9.83. The summed E-state index contributed by atoms with van der Waals surface area (Å²) in [6, 6.07) is 10.1. The quantitative estimate of drug-likeness (QED) is 0.434. The zero-order valence-corrected chi connectivity index (χ0v) is 18.8. The van der Waals surface area contributed by atoms with Gasteiger partial charge in [-0.05, 0) is 49.2 Å². The van der Waals surface area contributed by atoms with Crippen LogP contribution in [0.15, 0.2) is 47.2 Å². The Morgan fingerprint density at radius 3 is 2.60 bits per heavy atom. The van der Waals surface area contributed by atoms with Crippen molar-refractivity contribution in [2.75, 3.05) is 6.54 Å². The maximum Gasteiger partial charge on any atom is 0.256 e. The first-order chi connectivity index (χ1) is 14.5. The van der Waals surface area contributed by atoms with Crippen LogP contribution in [0.3, 0.4) is 0 Å². The fraction of sp³-hybridized carbons (Fsp3) is 0.273. The predicted molar refractivity (Wildman–Crippen MR) is 120 cm³/mol. The van der Waals surface area contributed by atoms with Crippen molar-refractivity contribution >= 4 is 27.5 Å². The minimum atomic E-state index is -0.173. The Morgan fingerprint density at radius 2 is 1.90 bits per heavy atom. The number of rotatable bonds is 6. The van der Waals surface area contributed by atoms with Gasteiger partial charge in [0.15, 0.2) is 5.65 Å². The van der Waals surface area contributed by atoms with Crippen LogP contribution in [0.5, 0.6) is 0 Å². The van der Waals surface area contributed by atoms with E-state index in [1.54, 1.807) is 16.9 Å². The molecule has 0 atom stereocenters. The van der Waals surface area contributed by atoms with Crippen molar-refractivity contribution in [1.29, 1.82) is 0 Å². The molecule has 30 heavy (non-hydrogen) atoms. The van der Waals surface area contributed by atoms with Crippen molar-refractivity contribution in [1.82, 2.24) is 29.7 Å². The van der Waals surface area contributed by atoms with E-state index in [2.05, 4.69) is 55.5 Å². The van der Waals surface area contributed by atoms with Crippen molar-refractivity contribution in [2.24, 2.45) is 0 Å². The summed E-state index contributed by atoms with van der Waals surface area (Å²) in [5, 5.41) is 11.9. The normalized spacial score (nSPS) is 11.2. The van der Waals surface area contributed by atoms with Crippen molar-refractivity contribution in [3.63, 3.8) is 0 Å².